The minimum atomic E-state index is -0.0676. The van der Waals surface area contributed by atoms with E-state index in [1.165, 1.54) is 6.26 Å². The first-order valence-corrected chi connectivity index (χ1v) is 9.66. The molecule has 2 aromatic heterocycles. The summed E-state index contributed by atoms with van der Waals surface area (Å²) < 4.78 is 5.58. The Morgan fingerprint density at radius 2 is 1.87 bits per heavy atom. The van der Waals surface area contributed by atoms with E-state index in [9.17, 15) is 4.79 Å². The topological polar surface area (TPSA) is 71.3 Å². The molecule has 2 heterocycles. The molecular formula is C24H22N4O2. The van der Waals surface area contributed by atoms with E-state index in [1.54, 1.807) is 18.6 Å². The standard InChI is InChI=1S/C24H22N4O2/c1-17-4-3-5-19(14-17)15-23(29)27-20-7-6-18(2)22(16-20)28(24-26-12-13-30-24)21-8-10-25-11-9-21/h3-14,16H,15H2,1-2H3,(H,27,29). The van der Waals surface area contributed by atoms with E-state index >= 15 is 0 Å². The summed E-state index contributed by atoms with van der Waals surface area (Å²) in [6, 6.07) is 18.0. The molecule has 0 aliphatic heterocycles. The summed E-state index contributed by atoms with van der Waals surface area (Å²) in [5.41, 5.74) is 5.56. The third-order valence-corrected chi connectivity index (χ3v) is 4.71. The van der Waals surface area contributed by atoms with Gasteiger partial charge in [-0.15, -0.1) is 0 Å². The maximum atomic E-state index is 12.6. The van der Waals surface area contributed by atoms with Gasteiger partial charge in [-0.3, -0.25) is 14.7 Å². The van der Waals surface area contributed by atoms with Crippen LogP contribution in [0.5, 0.6) is 0 Å². The average Bonchev–Trinajstić information content (AvgIpc) is 3.26. The van der Waals surface area contributed by atoms with Crippen molar-refractivity contribution in [3.63, 3.8) is 0 Å². The fourth-order valence-corrected chi connectivity index (χ4v) is 3.31. The summed E-state index contributed by atoms with van der Waals surface area (Å²) in [5, 5.41) is 3.00. The summed E-state index contributed by atoms with van der Waals surface area (Å²) in [4.78, 5) is 22.9. The SMILES string of the molecule is Cc1cccc(CC(=O)Nc2ccc(C)c(N(c3ccncc3)c3ncco3)c2)c1. The molecular weight excluding hydrogens is 376 g/mol. The fourth-order valence-electron chi connectivity index (χ4n) is 3.31. The normalized spacial score (nSPS) is 10.6. The number of oxazole rings is 1. The molecule has 0 aliphatic carbocycles. The molecule has 4 rings (SSSR count). The molecule has 0 saturated heterocycles. The monoisotopic (exact) mass is 398 g/mol. The van der Waals surface area contributed by atoms with E-state index in [0.29, 0.717) is 18.1 Å². The molecule has 0 spiro atoms. The Morgan fingerprint density at radius 3 is 2.60 bits per heavy atom. The van der Waals surface area contributed by atoms with Gasteiger partial charge in [0.05, 0.1) is 24.0 Å². The van der Waals surface area contributed by atoms with Crippen molar-refractivity contribution in [2.45, 2.75) is 20.3 Å². The van der Waals surface area contributed by atoms with E-state index in [0.717, 1.165) is 28.1 Å². The zero-order valence-corrected chi connectivity index (χ0v) is 16.9. The summed E-state index contributed by atoms with van der Waals surface area (Å²) >= 11 is 0. The van der Waals surface area contributed by atoms with E-state index in [-0.39, 0.29) is 5.91 Å². The predicted octanol–water partition coefficient (Wildman–Crippen LogP) is 5.34. The molecule has 4 aromatic rings. The van der Waals surface area contributed by atoms with Crippen molar-refractivity contribution >= 4 is 29.0 Å². The van der Waals surface area contributed by atoms with Crippen LogP contribution < -0.4 is 10.2 Å². The lowest BCUT2D eigenvalue weighted by Gasteiger charge is -2.23. The van der Waals surface area contributed by atoms with Crippen molar-refractivity contribution in [1.82, 2.24) is 9.97 Å². The molecule has 150 valence electrons. The Bertz CT molecular complexity index is 1140. The number of aryl methyl sites for hydroxylation is 2. The zero-order chi connectivity index (χ0) is 20.9. The number of hydrogen-bond donors (Lipinski definition) is 1. The molecule has 0 fully saturated rings. The average molecular weight is 398 g/mol. The van der Waals surface area contributed by atoms with Crippen molar-refractivity contribution in [1.29, 1.82) is 0 Å². The second-order valence-corrected chi connectivity index (χ2v) is 7.07. The number of nitrogens with zero attached hydrogens (tertiary/aromatic N) is 3. The Hall–Kier alpha value is -3.93. The van der Waals surface area contributed by atoms with Gasteiger partial charge in [-0.2, -0.15) is 0 Å². The van der Waals surface area contributed by atoms with Crippen molar-refractivity contribution in [2.24, 2.45) is 0 Å². The van der Waals surface area contributed by atoms with Crippen LogP contribution in [0.15, 0.2) is 83.9 Å². The molecule has 6 heteroatoms. The minimum Gasteiger partial charge on any atom is -0.432 e. The van der Waals surface area contributed by atoms with Gasteiger partial charge in [-0.05, 0) is 49.2 Å². The van der Waals surface area contributed by atoms with Crippen molar-refractivity contribution < 1.29 is 9.21 Å². The second-order valence-electron chi connectivity index (χ2n) is 7.07. The van der Waals surface area contributed by atoms with Crippen LogP contribution in [0.1, 0.15) is 16.7 Å². The maximum absolute atomic E-state index is 12.6. The lowest BCUT2D eigenvalue weighted by Crippen LogP contribution is -2.16. The number of carbonyl (C=O) groups excluding carboxylic acids is 1. The number of carbonyl (C=O) groups is 1. The summed E-state index contributed by atoms with van der Waals surface area (Å²) in [5.74, 6) is -0.0676. The third-order valence-electron chi connectivity index (χ3n) is 4.71. The third kappa shape index (κ3) is 4.38. The highest BCUT2D eigenvalue weighted by Gasteiger charge is 2.19. The molecule has 1 N–H and O–H groups in total. The predicted molar refractivity (Wildman–Crippen MR) is 117 cm³/mol. The van der Waals surface area contributed by atoms with Crippen LogP contribution in [0.3, 0.4) is 0 Å². The van der Waals surface area contributed by atoms with E-state index in [1.807, 2.05) is 73.3 Å². The number of rotatable bonds is 6. The highest BCUT2D eigenvalue weighted by atomic mass is 16.4. The molecule has 2 aromatic carbocycles. The van der Waals surface area contributed by atoms with Gasteiger partial charge in [-0.1, -0.05) is 35.9 Å². The molecule has 0 bridgehead atoms. The first-order chi connectivity index (χ1) is 14.6. The minimum absolute atomic E-state index is 0.0676. The quantitative estimate of drug-likeness (QED) is 0.475. The van der Waals surface area contributed by atoms with Crippen LogP contribution >= 0.6 is 0 Å². The van der Waals surface area contributed by atoms with Gasteiger partial charge in [0, 0.05) is 18.1 Å². The molecule has 0 unspecified atom stereocenters. The Labute approximate surface area is 175 Å². The van der Waals surface area contributed by atoms with Crippen molar-refractivity contribution in [3.05, 3.63) is 96.1 Å². The zero-order valence-electron chi connectivity index (χ0n) is 16.9. The van der Waals surface area contributed by atoms with Crippen LogP contribution in [0.2, 0.25) is 0 Å². The first-order valence-electron chi connectivity index (χ1n) is 9.66. The van der Waals surface area contributed by atoms with Crippen LogP contribution in [-0.4, -0.2) is 15.9 Å². The molecule has 0 radical (unpaired) electrons. The maximum Gasteiger partial charge on any atom is 0.306 e. The van der Waals surface area contributed by atoms with Gasteiger partial charge in [-0.25, -0.2) is 4.98 Å². The molecule has 0 atom stereocenters. The van der Waals surface area contributed by atoms with Gasteiger partial charge >= 0.3 is 6.01 Å². The van der Waals surface area contributed by atoms with E-state index in [2.05, 4.69) is 15.3 Å². The molecule has 0 saturated carbocycles. The van der Waals surface area contributed by atoms with Crippen LogP contribution in [0.4, 0.5) is 23.1 Å². The Kier molecular flexibility index (Phi) is 5.57. The van der Waals surface area contributed by atoms with Crippen LogP contribution in [0.25, 0.3) is 0 Å². The van der Waals surface area contributed by atoms with E-state index < -0.39 is 0 Å². The number of amides is 1. The number of aromatic nitrogens is 2. The Morgan fingerprint density at radius 1 is 1.03 bits per heavy atom. The van der Waals surface area contributed by atoms with Crippen LogP contribution in [0, 0.1) is 13.8 Å². The van der Waals surface area contributed by atoms with Crippen molar-refractivity contribution in [2.75, 3.05) is 10.2 Å². The first kappa shape index (κ1) is 19.4. The number of nitrogens with one attached hydrogen (secondary N) is 1. The second kappa shape index (κ2) is 8.61. The fraction of sp³-hybridized carbons (Fsp3) is 0.125. The number of anilines is 4. The molecule has 30 heavy (non-hydrogen) atoms. The van der Waals surface area contributed by atoms with Crippen molar-refractivity contribution in [3.8, 4) is 0 Å². The summed E-state index contributed by atoms with van der Waals surface area (Å²) in [6.45, 7) is 4.02. The van der Waals surface area contributed by atoms with Gasteiger partial charge in [0.25, 0.3) is 0 Å². The van der Waals surface area contributed by atoms with Gasteiger partial charge < -0.3 is 9.73 Å². The van der Waals surface area contributed by atoms with Gasteiger partial charge in [0.15, 0.2) is 0 Å². The summed E-state index contributed by atoms with van der Waals surface area (Å²) in [7, 11) is 0. The largest absolute Gasteiger partial charge is 0.432 e. The molecule has 6 nitrogen and oxygen atoms in total. The Balaban J connectivity index is 1.62. The lowest BCUT2D eigenvalue weighted by atomic mass is 10.1. The van der Waals surface area contributed by atoms with E-state index in [4.69, 9.17) is 4.42 Å². The smallest absolute Gasteiger partial charge is 0.306 e. The number of hydrogen-bond acceptors (Lipinski definition) is 5. The number of pyridine rings is 1. The highest BCUT2D eigenvalue weighted by Crippen LogP contribution is 2.36. The van der Waals surface area contributed by atoms with Gasteiger partial charge in [0.2, 0.25) is 5.91 Å². The highest BCUT2D eigenvalue weighted by molar-refractivity contribution is 5.93. The number of benzene rings is 2. The van der Waals surface area contributed by atoms with Crippen LogP contribution in [-0.2, 0) is 11.2 Å². The summed E-state index contributed by atoms with van der Waals surface area (Å²) in [6.07, 6.45) is 6.89. The molecule has 0 aliphatic rings. The lowest BCUT2D eigenvalue weighted by molar-refractivity contribution is -0.115. The molecule has 1 amide bonds. The van der Waals surface area contributed by atoms with Gasteiger partial charge in [0.1, 0.15) is 6.26 Å².